The molecule has 0 unspecified atom stereocenters. The highest BCUT2D eigenvalue weighted by Gasteiger charge is 2.14. The van der Waals surface area contributed by atoms with Crippen molar-refractivity contribution in [1.82, 2.24) is 4.57 Å². The van der Waals surface area contributed by atoms with E-state index < -0.39 is 0 Å². The average Bonchev–Trinajstić information content (AvgIpc) is 2.65. The molecule has 28 heavy (non-hydrogen) atoms. The first kappa shape index (κ1) is 20.0. The molecule has 3 aromatic rings. The predicted molar refractivity (Wildman–Crippen MR) is 115 cm³/mol. The lowest BCUT2D eigenvalue weighted by molar-refractivity contribution is 0.102. The quantitative estimate of drug-likeness (QED) is 0.666. The molecule has 1 aromatic heterocycles. The van der Waals surface area contributed by atoms with E-state index in [2.05, 4.69) is 5.32 Å². The van der Waals surface area contributed by atoms with Crippen LogP contribution in [0, 0.1) is 0 Å². The molecule has 0 aliphatic carbocycles. The molecule has 1 heterocycles. The highest BCUT2D eigenvalue weighted by molar-refractivity contribution is 6.34. The van der Waals surface area contributed by atoms with E-state index in [1.165, 1.54) is 22.9 Å². The highest BCUT2D eigenvalue weighted by atomic mass is 35.5. The third-order valence-corrected chi connectivity index (χ3v) is 4.90. The summed E-state index contributed by atoms with van der Waals surface area (Å²) in [7, 11) is 3.70. The second-order valence-corrected chi connectivity index (χ2v) is 7.27. The van der Waals surface area contributed by atoms with Crippen LogP contribution >= 0.6 is 23.2 Å². The van der Waals surface area contributed by atoms with Gasteiger partial charge in [0.1, 0.15) is 0 Å². The Morgan fingerprint density at radius 1 is 1.00 bits per heavy atom. The van der Waals surface area contributed by atoms with Gasteiger partial charge in [-0.3, -0.25) is 9.59 Å². The van der Waals surface area contributed by atoms with Gasteiger partial charge in [-0.05, 0) is 29.8 Å². The lowest BCUT2D eigenvalue weighted by atomic mass is 10.2. The second-order valence-electron chi connectivity index (χ2n) is 6.46. The second kappa shape index (κ2) is 8.50. The summed E-state index contributed by atoms with van der Waals surface area (Å²) in [6.45, 7) is 0.278. The number of anilines is 2. The number of aromatic nitrogens is 1. The van der Waals surface area contributed by atoms with Crippen molar-refractivity contribution in [2.24, 2.45) is 0 Å². The lowest BCUT2D eigenvalue weighted by Gasteiger charge is -2.19. The van der Waals surface area contributed by atoms with E-state index in [1.54, 1.807) is 24.3 Å². The van der Waals surface area contributed by atoms with Crippen molar-refractivity contribution >= 4 is 40.5 Å². The van der Waals surface area contributed by atoms with Crippen molar-refractivity contribution < 1.29 is 4.79 Å². The van der Waals surface area contributed by atoms with Crippen LogP contribution in [0.25, 0.3) is 0 Å². The Labute approximate surface area is 173 Å². The first-order valence-electron chi connectivity index (χ1n) is 8.58. The summed E-state index contributed by atoms with van der Waals surface area (Å²) in [5.74, 6) is -0.335. The number of benzene rings is 2. The molecule has 0 aliphatic heterocycles. The molecule has 0 saturated carbocycles. The van der Waals surface area contributed by atoms with Gasteiger partial charge in [0.2, 0.25) is 0 Å². The Morgan fingerprint density at radius 3 is 2.43 bits per heavy atom. The molecule has 0 aliphatic rings. The van der Waals surface area contributed by atoms with Crippen molar-refractivity contribution in [2.45, 2.75) is 6.54 Å². The Hall–Kier alpha value is -2.76. The van der Waals surface area contributed by atoms with Crippen LogP contribution in [0.5, 0.6) is 0 Å². The zero-order chi connectivity index (χ0) is 20.3. The van der Waals surface area contributed by atoms with E-state index in [9.17, 15) is 9.59 Å². The number of nitrogens with zero attached hydrogens (tertiary/aromatic N) is 2. The van der Waals surface area contributed by atoms with Gasteiger partial charge in [0.05, 0.1) is 28.5 Å². The third kappa shape index (κ3) is 4.38. The van der Waals surface area contributed by atoms with Crippen LogP contribution in [0.3, 0.4) is 0 Å². The molecule has 0 atom stereocenters. The predicted octanol–water partition coefficient (Wildman–Crippen LogP) is 4.52. The van der Waals surface area contributed by atoms with Gasteiger partial charge >= 0.3 is 0 Å². The van der Waals surface area contributed by atoms with Crippen LogP contribution in [0.2, 0.25) is 10.0 Å². The van der Waals surface area contributed by atoms with E-state index in [4.69, 9.17) is 23.2 Å². The summed E-state index contributed by atoms with van der Waals surface area (Å²) in [4.78, 5) is 26.8. The first-order valence-corrected chi connectivity index (χ1v) is 9.33. The smallest absolute Gasteiger partial charge is 0.257 e. The van der Waals surface area contributed by atoms with Crippen LogP contribution in [0.15, 0.2) is 65.6 Å². The van der Waals surface area contributed by atoms with Gasteiger partial charge in [0, 0.05) is 31.4 Å². The van der Waals surface area contributed by atoms with Gasteiger partial charge in [-0.15, -0.1) is 0 Å². The minimum atomic E-state index is -0.335. The summed E-state index contributed by atoms with van der Waals surface area (Å²) in [6, 6.07) is 15.5. The van der Waals surface area contributed by atoms with Gasteiger partial charge < -0.3 is 14.8 Å². The van der Waals surface area contributed by atoms with Crippen LogP contribution in [-0.2, 0) is 6.54 Å². The molecule has 0 radical (unpaired) electrons. The maximum Gasteiger partial charge on any atom is 0.257 e. The molecule has 0 fully saturated rings. The SMILES string of the molecule is CN(C)c1c(Cl)cccc1NC(=O)c1ccc(=O)n(Cc2ccccc2Cl)c1. The van der Waals surface area contributed by atoms with Gasteiger partial charge in [0.25, 0.3) is 11.5 Å². The number of carbonyl (C=O) groups excluding carboxylic acids is 1. The number of nitrogens with one attached hydrogen (secondary N) is 1. The van der Waals surface area contributed by atoms with E-state index >= 15 is 0 Å². The molecule has 0 bridgehead atoms. The van der Waals surface area contributed by atoms with E-state index in [0.29, 0.717) is 27.0 Å². The molecule has 1 N–H and O–H groups in total. The Kier molecular flexibility index (Phi) is 6.07. The number of amides is 1. The minimum Gasteiger partial charge on any atom is -0.375 e. The molecular weight excluding hydrogens is 397 g/mol. The molecule has 3 rings (SSSR count). The monoisotopic (exact) mass is 415 g/mol. The van der Waals surface area contributed by atoms with Crippen molar-refractivity contribution in [3.8, 4) is 0 Å². The van der Waals surface area contributed by atoms with Gasteiger partial charge in [0.15, 0.2) is 0 Å². The number of para-hydroxylation sites is 1. The number of halogens is 2. The normalized spacial score (nSPS) is 10.6. The number of pyridine rings is 1. The molecule has 144 valence electrons. The molecule has 7 heteroatoms. The first-order chi connectivity index (χ1) is 13.4. The van der Waals surface area contributed by atoms with Crippen LogP contribution in [0.4, 0.5) is 11.4 Å². The van der Waals surface area contributed by atoms with Crippen LogP contribution in [0.1, 0.15) is 15.9 Å². The zero-order valence-corrected chi connectivity index (χ0v) is 17.0. The van der Waals surface area contributed by atoms with Crippen LogP contribution < -0.4 is 15.8 Å². The van der Waals surface area contributed by atoms with E-state index in [-0.39, 0.29) is 18.0 Å². The summed E-state index contributed by atoms with van der Waals surface area (Å²) in [6.07, 6.45) is 1.53. The lowest BCUT2D eigenvalue weighted by Crippen LogP contribution is -2.23. The van der Waals surface area contributed by atoms with Crippen molar-refractivity contribution in [2.75, 3.05) is 24.3 Å². The summed E-state index contributed by atoms with van der Waals surface area (Å²) >= 11 is 12.4. The number of hydrogen-bond donors (Lipinski definition) is 1. The molecule has 1 amide bonds. The van der Waals surface area contributed by atoms with Gasteiger partial charge in [-0.1, -0.05) is 47.5 Å². The fourth-order valence-electron chi connectivity index (χ4n) is 2.86. The Bertz CT molecular complexity index is 1080. The maximum absolute atomic E-state index is 12.8. The number of hydrogen-bond acceptors (Lipinski definition) is 3. The average molecular weight is 416 g/mol. The van der Waals surface area contributed by atoms with Gasteiger partial charge in [-0.25, -0.2) is 0 Å². The zero-order valence-electron chi connectivity index (χ0n) is 15.4. The molecule has 0 spiro atoms. The Balaban J connectivity index is 1.89. The number of rotatable bonds is 5. The minimum absolute atomic E-state index is 0.215. The summed E-state index contributed by atoms with van der Waals surface area (Å²) in [5.41, 5.74) is 2.24. The molecule has 0 saturated heterocycles. The van der Waals surface area contributed by atoms with Crippen molar-refractivity contribution in [3.05, 3.63) is 92.3 Å². The number of carbonyl (C=O) groups is 1. The fraction of sp³-hybridized carbons (Fsp3) is 0.143. The fourth-order valence-corrected chi connectivity index (χ4v) is 3.40. The topological polar surface area (TPSA) is 54.3 Å². The Morgan fingerprint density at radius 2 is 1.71 bits per heavy atom. The van der Waals surface area contributed by atoms with Crippen molar-refractivity contribution in [3.63, 3.8) is 0 Å². The summed E-state index contributed by atoms with van der Waals surface area (Å²) in [5, 5.41) is 3.97. The standard InChI is InChI=1S/C21H19Cl2N3O2/c1-25(2)20-17(23)8-5-9-18(20)24-21(28)15-10-11-19(27)26(13-15)12-14-6-3-4-7-16(14)22/h3-11,13H,12H2,1-2H3,(H,24,28). The molecule has 2 aromatic carbocycles. The van der Waals surface area contributed by atoms with E-state index in [0.717, 1.165) is 5.56 Å². The van der Waals surface area contributed by atoms with Crippen molar-refractivity contribution in [1.29, 1.82) is 0 Å². The molecule has 5 nitrogen and oxygen atoms in total. The molecular formula is C21H19Cl2N3O2. The van der Waals surface area contributed by atoms with E-state index in [1.807, 2.05) is 37.2 Å². The highest BCUT2D eigenvalue weighted by Crippen LogP contribution is 2.32. The maximum atomic E-state index is 12.8. The summed E-state index contributed by atoms with van der Waals surface area (Å²) < 4.78 is 1.46. The van der Waals surface area contributed by atoms with Gasteiger partial charge in [-0.2, -0.15) is 0 Å². The largest absolute Gasteiger partial charge is 0.375 e. The van der Waals surface area contributed by atoms with Crippen LogP contribution in [-0.4, -0.2) is 24.6 Å². The third-order valence-electron chi connectivity index (χ3n) is 4.23.